The van der Waals surface area contributed by atoms with Crippen LogP contribution in [0.25, 0.3) is 0 Å². The van der Waals surface area contributed by atoms with E-state index in [4.69, 9.17) is 0 Å². The lowest BCUT2D eigenvalue weighted by atomic mass is 10.00. The number of phenolic OH excluding ortho intramolecular Hbond substituents is 1. The summed E-state index contributed by atoms with van der Waals surface area (Å²) in [5.74, 6) is -0.305. The monoisotopic (exact) mass is 240 g/mol. The molecule has 92 valence electrons. The van der Waals surface area contributed by atoms with Crippen molar-refractivity contribution in [3.05, 3.63) is 37.9 Å². The van der Waals surface area contributed by atoms with Gasteiger partial charge in [-0.3, -0.25) is 20.2 Å². The fourth-order valence-corrected chi connectivity index (χ4v) is 1.51. The summed E-state index contributed by atoms with van der Waals surface area (Å²) >= 11 is 0. The highest BCUT2D eigenvalue weighted by atomic mass is 16.6. The lowest BCUT2D eigenvalue weighted by molar-refractivity contribution is -0.394. The molecule has 0 aliphatic carbocycles. The molecule has 7 heteroatoms. The number of nitro benzene ring substituents is 2. The molecule has 0 unspecified atom stereocenters. The van der Waals surface area contributed by atoms with Crippen molar-refractivity contribution < 1.29 is 15.0 Å². The molecule has 0 aliphatic rings. The summed E-state index contributed by atoms with van der Waals surface area (Å²) < 4.78 is 0. The van der Waals surface area contributed by atoms with Crippen molar-refractivity contribution in [2.45, 2.75) is 20.3 Å². The maximum absolute atomic E-state index is 10.8. The van der Waals surface area contributed by atoms with Crippen molar-refractivity contribution in [1.29, 1.82) is 0 Å². The minimum absolute atomic E-state index is 0.0982. The number of benzene rings is 1. The standard InChI is InChI=1S/C10H12N2O5/c1-6(2)3-8-9(12(16)17)4-7(11(14)15)5-10(8)13/h4-6,13H,3H2,1-2H3. The number of rotatable bonds is 4. The highest BCUT2D eigenvalue weighted by molar-refractivity contribution is 5.56. The zero-order chi connectivity index (χ0) is 13.2. The Morgan fingerprint density at radius 2 is 1.82 bits per heavy atom. The first-order valence-electron chi connectivity index (χ1n) is 4.97. The van der Waals surface area contributed by atoms with Crippen LogP contribution in [0.4, 0.5) is 11.4 Å². The Morgan fingerprint density at radius 3 is 2.24 bits per heavy atom. The molecule has 0 saturated heterocycles. The van der Waals surface area contributed by atoms with Gasteiger partial charge in [-0.05, 0) is 12.3 Å². The Balaban J connectivity index is 3.38. The van der Waals surface area contributed by atoms with E-state index in [2.05, 4.69) is 0 Å². The summed E-state index contributed by atoms with van der Waals surface area (Å²) in [5.41, 5.74) is -0.761. The van der Waals surface area contributed by atoms with Crippen molar-refractivity contribution in [3.63, 3.8) is 0 Å². The van der Waals surface area contributed by atoms with Crippen LogP contribution >= 0.6 is 0 Å². The van der Waals surface area contributed by atoms with Crippen LogP contribution in [0.2, 0.25) is 0 Å². The number of hydrogen-bond donors (Lipinski definition) is 1. The predicted molar refractivity (Wildman–Crippen MR) is 60.0 cm³/mol. The van der Waals surface area contributed by atoms with Gasteiger partial charge in [0.2, 0.25) is 0 Å². The van der Waals surface area contributed by atoms with E-state index in [0.717, 1.165) is 12.1 Å². The van der Waals surface area contributed by atoms with Gasteiger partial charge in [-0.25, -0.2) is 0 Å². The first kappa shape index (κ1) is 12.9. The molecule has 17 heavy (non-hydrogen) atoms. The van der Waals surface area contributed by atoms with Gasteiger partial charge < -0.3 is 5.11 Å². The van der Waals surface area contributed by atoms with Crippen molar-refractivity contribution in [2.24, 2.45) is 5.92 Å². The van der Waals surface area contributed by atoms with E-state index < -0.39 is 27.0 Å². The van der Waals surface area contributed by atoms with Crippen LogP contribution in [-0.2, 0) is 6.42 Å². The molecule has 0 atom stereocenters. The molecule has 1 N–H and O–H groups in total. The lowest BCUT2D eigenvalue weighted by Crippen LogP contribution is -2.02. The van der Waals surface area contributed by atoms with E-state index >= 15 is 0 Å². The topological polar surface area (TPSA) is 107 Å². The van der Waals surface area contributed by atoms with E-state index in [0.29, 0.717) is 6.42 Å². The van der Waals surface area contributed by atoms with E-state index in [-0.39, 0.29) is 11.5 Å². The smallest absolute Gasteiger partial charge is 0.283 e. The molecule has 7 nitrogen and oxygen atoms in total. The van der Waals surface area contributed by atoms with Crippen LogP contribution in [0.3, 0.4) is 0 Å². The molecule has 0 amide bonds. The van der Waals surface area contributed by atoms with Gasteiger partial charge in [0.25, 0.3) is 11.4 Å². The number of hydrogen-bond acceptors (Lipinski definition) is 5. The second kappa shape index (κ2) is 4.77. The van der Waals surface area contributed by atoms with Gasteiger partial charge in [0.05, 0.1) is 27.5 Å². The average Bonchev–Trinajstić information content (AvgIpc) is 2.19. The molecule has 0 aromatic heterocycles. The van der Waals surface area contributed by atoms with Crippen LogP contribution in [0.15, 0.2) is 12.1 Å². The lowest BCUT2D eigenvalue weighted by Gasteiger charge is -2.07. The van der Waals surface area contributed by atoms with Gasteiger partial charge in [0.1, 0.15) is 5.75 Å². The first-order chi connectivity index (χ1) is 7.82. The number of nitro groups is 2. The predicted octanol–water partition coefficient (Wildman–Crippen LogP) is 2.41. The quantitative estimate of drug-likeness (QED) is 0.642. The number of nitrogens with zero attached hydrogens (tertiary/aromatic N) is 2. The van der Waals surface area contributed by atoms with Crippen molar-refractivity contribution >= 4 is 11.4 Å². The van der Waals surface area contributed by atoms with Crippen LogP contribution in [-0.4, -0.2) is 15.0 Å². The molecule has 0 spiro atoms. The van der Waals surface area contributed by atoms with E-state index in [9.17, 15) is 25.3 Å². The molecule has 1 aromatic carbocycles. The minimum Gasteiger partial charge on any atom is -0.507 e. The SMILES string of the molecule is CC(C)Cc1c(O)cc([N+](=O)[O-])cc1[N+](=O)[O-]. The maximum Gasteiger partial charge on any atom is 0.283 e. The molecule has 0 heterocycles. The van der Waals surface area contributed by atoms with Gasteiger partial charge in [-0.15, -0.1) is 0 Å². The van der Waals surface area contributed by atoms with Gasteiger partial charge in [0.15, 0.2) is 0 Å². The zero-order valence-corrected chi connectivity index (χ0v) is 9.41. The third-order valence-corrected chi connectivity index (χ3v) is 2.21. The van der Waals surface area contributed by atoms with Crippen LogP contribution < -0.4 is 0 Å². The molecule has 1 rings (SSSR count). The Bertz CT molecular complexity index is 470. The number of non-ortho nitro benzene ring substituents is 1. The van der Waals surface area contributed by atoms with Crippen LogP contribution in [0.1, 0.15) is 19.4 Å². The minimum atomic E-state index is -0.772. The molecular weight excluding hydrogens is 228 g/mol. The van der Waals surface area contributed by atoms with Crippen LogP contribution in [0.5, 0.6) is 5.75 Å². The second-order valence-corrected chi connectivity index (χ2v) is 4.07. The second-order valence-electron chi connectivity index (χ2n) is 4.07. The first-order valence-corrected chi connectivity index (χ1v) is 4.97. The average molecular weight is 240 g/mol. The summed E-state index contributed by atoms with van der Waals surface area (Å²) in [7, 11) is 0. The molecule has 0 aliphatic heterocycles. The van der Waals surface area contributed by atoms with E-state index in [1.165, 1.54) is 0 Å². The maximum atomic E-state index is 10.8. The zero-order valence-electron chi connectivity index (χ0n) is 9.41. The molecule has 0 fully saturated rings. The Hall–Kier alpha value is -2.18. The highest BCUT2D eigenvalue weighted by Gasteiger charge is 2.24. The summed E-state index contributed by atoms with van der Waals surface area (Å²) in [5, 5.41) is 30.9. The Labute approximate surface area is 97.0 Å². The molecule has 1 aromatic rings. The van der Waals surface area contributed by atoms with E-state index in [1.54, 1.807) is 0 Å². The fraction of sp³-hybridized carbons (Fsp3) is 0.400. The third kappa shape index (κ3) is 2.90. The molecular formula is C10H12N2O5. The summed E-state index contributed by atoms with van der Waals surface area (Å²) in [6, 6.07) is 1.81. The summed E-state index contributed by atoms with van der Waals surface area (Å²) in [6.45, 7) is 3.68. The third-order valence-electron chi connectivity index (χ3n) is 2.21. The largest absolute Gasteiger partial charge is 0.507 e. The summed E-state index contributed by atoms with van der Waals surface area (Å²) in [6.07, 6.45) is 0.292. The number of aromatic hydroxyl groups is 1. The van der Waals surface area contributed by atoms with Crippen LogP contribution in [0, 0.1) is 26.1 Å². The molecule has 0 bridgehead atoms. The fourth-order valence-electron chi connectivity index (χ4n) is 1.51. The van der Waals surface area contributed by atoms with Gasteiger partial charge in [-0.1, -0.05) is 13.8 Å². The van der Waals surface area contributed by atoms with Crippen molar-refractivity contribution in [2.75, 3.05) is 0 Å². The van der Waals surface area contributed by atoms with Crippen molar-refractivity contribution in [1.82, 2.24) is 0 Å². The number of phenols is 1. The van der Waals surface area contributed by atoms with Gasteiger partial charge >= 0.3 is 0 Å². The van der Waals surface area contributed by atoms with E-state index in [1.807, 2.05) is 13.8 Å². The van der Waals surface area contributed by atoms with Gasteiger partial charge in [-0.2, -0.15) is 0 Å². The normalized spacial score (nSPS) is 10.5. The molecule has 0 saturated carbocycles. The van der Waals surface area contributed by atoms with Crippen molar-refractivity contribution in [3.8, 4) is 5.75 Å². The molecule has 0 radical (unpaired) electrons. The highest BCUT2D eigenvalue weighted by Crippen LogP contribution is 2.34. The van der Waals surface area contributed by atoms with Gasteiger partial charge in [0, 0.05) is 0 Å². The summed E-state index contributed by atoms with van der Waals surface area (Å²) in [4.78, 5) is 19.8. The Morgan fingerprint density at radius 1 is 1.24 bits per heavy atom. The Kier molecular flexibility index (Phi) is 3.62.